The Bertz CT molecular complexity index is 226. The summed E-state index contributed by atoms with van der Waals surface area (Å²) in [6.45, 7) is 1.82. The monoisotopic (exact) mass is 176 g/mol. The molecule has 0 saturated heterocycles. The molecule has 1 atom stereocenters. The number of rotatable bonds is 3. The number of halogens is 1. The molecule has 0 spiro atoms. The smallest absolute Gasteiger partial charge is 0.255 e. The number of aromatic nitrogens is 2. The van der Waals surface area contributed by atoms with Crippen molar-refractivity contribution in [1.29, 1.82) is 0 Å². The maximum Gasteiger partial charge on any atom is 0.255 e. The largest absolute Gasteiger partial charge is 0.372 e. The molecule has 0 radical (unpaired) electrons. The van der Waals surface area contributed by atoms with Gasteiger partial charge in [0.05, 0.1) is 5.88 Å². The second kappa shape index (κ2) is 3.69. The van der Waals surface area contributed by atoms with Crippen LogP contribution in [0.15, 0.2) is 4.52 Å². The van der Waals surface area contributed by atoms with Crippen molar-refractivity contribution in [2.24, 2.45) is 0 Å². The maximum atomic E-state index is 5.46. The number of hydrogen-bond donors (Lipinski definition) is 0. The molecule has 0 aliphatic rings. The van der Waals surface area contributed by atoms with Crippen molar-refractivity contribution in [3.8, 4) is 0 Å². The molecule has 0 aromatic carbocycles. The molecular formula is C6H9ClN2O2. The summed E-state index contributed by atoms with van der Waals surface area (Å²) in [6.07, 6.45) is -0.167. The molecular weight excluding hydrogens is 168 g/mol. The van der Waals surface area contributed by atoms with E-state index in [9.17, 15) is 0 Å². The van der Waals surface area contributed by atoms with Crippen LogP contribution in [-0.4, -0.2) is 17.3 Å². The summed E-state index contributed by atoms with van der Waals surface area (Å²) in [6, 6.07) is 0. The van der Waals surface area contributed by atoms with Gasteiger partial charge in [-0.2, -0.15) is 4.98 Å². The molecule has 0 N–H and O–H groups in total. The van der Waals surface area contributed by atoms with Crippen LogP contribution in [-0.2, 0) is 10.6 Å². The number of hydrogen-bond acceptors (Lipinski definition) is 4. The third-order valence-corrected chi connectivity index (χ3v) is 1.54. The molecule has 1 aromatic rings. The van der Waals surface area contributed by atoms with Crippen molar-refractivity contribution in [3.63, 3.8) is 0 Å². The summed E-state index contributed by atoms with van der Waals surface area (Å²) < 4.78 is 9.79. The van der Waals surface area contributed by atoms with Gasteiger partial charge in [-0.05, 0) is 6.92 Å². The first kappa shape index (κ1) is 8.49. The summed E-state index contributed by atoms with van der Waals surface area (Å²) in [5.41, 5.74) is 0. The zero-order chi connectivity index (χ0) is 8.27. The Morgan fingerprint density at radius 2 is 2.45 bits per heavy atom. The van der Waals surface area contributed by atoms with Gasteiger partial charge >= 0.3 is 0 Å². The summed E-state index contributed by atoms with van der Waals surface area (Å²) in [5, 5.41) is 3.61. The fourth-order valence-electron chi connectivity index (χ4n) is 0.588. The first-order valence-electron chi connectivity index (χ1n) is 3.19. The van der Waals surface area contributed by atoms with Crippen LogP contribution in [0, 0.1) is 0 Å². The molecule has 1 rings (SSSR count). The fourth-order valence-corrected chi connectivity index (χ4v) is 0.696. The van der Waals surface area contributed by atoms with Crippen molar-refractivity contribution in [1.82, 2.24) is 10.1 Å². The van der Waals surface area contributed by atoms with Gasteiger partial charge in [0.25, 0.3) is 5.89 Å². The third kappa shape index (κ3) is 1.91. The Kier molecular flexibility index (Phi) is 2.84. The van der Waals surface area contributed by atoms with Gasteiger partial charge in [-0.15, -0.1) is 11.6 Å². The highest BCUT2D eigenvalue weighted by Crippen LogP contribution is 2.12. The van der Waals surface area contributed by atoms with Gasteiger partial charge in [0.15, 0.2) is 5.82 Å². The first-order chi connectivity index (χ1) is 5.27. The van der Waals surface area contributed by atoms with Crippen LogP contribution >= 0.6 is 11.6 Å². The van der Waals surface area contributed by atoms with Crippen molar-refractivity contribution in [2.75, 3.05) is 7.11 Å². The van der Waals surface area contributed by atoms with Crippen molar-refractivity contribution in [2.45, 2.75) is 18.9 Å². The van der Waals surface area contributed by atoms with Gasteiger partial charge in [-0.1, -0.05) is 5.16 Å². The van der Waals surface area contributed by atoms with Gasteiger partial charge in [0.2, 0.25) is 0 Å². The van der Waals surface area contributed by atoms with Crippen LogP contribution < -0.4 is 0 Å². The SMILES string of the molecule is COC(C)c1nc(CCl)no1. The molecule has 0 saturated carbocycles. The third-order valence-electron chi connectivity index (χ3n) is 1.30. The molecule has 1 unspecified atom stereocenters. The zero-order valence-corrected chi connectivity index (χ0v) is 7.13. The summed E-state index contributed by atoms with van der Waals surface area (Å²) in [7, 11) is 1.58. The Labute approximate surface area is 69.5 Å². The lowest BCUT2D eigenvalue weighted by Gasteiger charge is -2.00. The van der Waals surface area contributed by atoms with E-state index in [0.717, 1.165) is 0 Å². The molecule has 1 aromatic heterocycles. The average molecular weight is 177 g/mol. The number of alkyl halides is 1. The Hall–Kier alpha value is -0.610. The minimum atomic E-state index is -0.167. The van der Waals surface area contributed by atoms with Crippen LogP contribution in [0.2, 0.25) is 0 Å². The highest BCUT2D eigenvalue weighted by atomic mass is 35.5. The molecule has 11 heavy (non-hydrogen) atoms. The quantitative estimate of drug-likeness (QED) is 0.656. The molecule has 0 bridgehead atoms. The number of nitrogens with zero attached hydrogens (tertiary/aromatic N) is 2. The highest BCUT2D eigenvalue weighted by molar-refractivity contribution is 6.16. The lowest BCUT2D eigenvalue weighted by Crippen LogP contribution is -1.95. The molecule has 4 nitrogen and oxygen atoms in total. The molecule has 0 aliphatic heterocycles. The van der Waals surface area contributed by atoms with E-state index in [-0.39, 0.29) is 12.0 Å². The number of methoxy groups -OCH3 is 1. The van der Waals surface area contributed by atoms with Gasteiger partial charge in [0.1, 0.15) is 6.10 Å². The standard InChI is InChI=1S/C6H9ClN2O2/c1-4(10-2)6-8-5(3-7)9-11-6/h4H,3H2,1-2H3. The lowest BCUT2D eigenvalue weighted by molar-refractivity contribution is 0.0886. The van der Waals surface area contributed by atoms with Crippen molar-refractivity contribution in [3.05, 3.63) is 11.7 Å². The normalized spacial score (nSPS) is 13.4. The minimum Gasteiger partial charge on any atom is -0.372 e. The van der Waals surface area contributed by atoms with E-state index < -0.39 is 0 Å². The Morgan fingerprint density at radius 3 is 2.91 bits per heavy atom. The Morgan fingerprint density at radius 1 is 1.73 bits per heavy atom. The van der Waals surface area contributed by atoms with Crippen LogP contribution in [0.3, 0.4) is 0 Å². The van der Waals surface area contributed by atoms with Crippen molar-refractivity contribution < 1.29 is 9.26 Å². The van der Waals surface area contributed by atoms with Gasteiger partial charge in [-0.3, -0.25) is 0 Å². The van der Waals surface area contributed by atoms with Crippen molar-refractivity contribution >= 4 is 11.6 Å². The van der Waals surface area contributed by atoms with Crippen LogP contribution in [0.25, 0.3) is 0 Å². The molecule has 5 heteroatoms. The predicted molar refractivity (Wildman–Crippen MR) is 39.3 cm³/mol. The lowest BCUT2D eigenvalue weighted by atomic mass is 10.4. The van der Waals surface area contributed by atoms with Gasteiger partial charge in [-0.25, -0.2) is 0 Å². The van der Waals surface area contributed by atoms with E-state index in [0.29, 0.717) is 11.7 Å². The molecule has 1 heterocycles. The van der Waals surface area contributed by atoms with E-state index in [2.05, 4.69) is 10.1 Å². The van der Waals surface area contributed by atoms with E-state index in [1.807, 2.05) is 6.92 Å². The van der Waals surface area contributed by atoms with E-state index >= 15 is 0 Å². The van der Waals surface area contributed by atoms with Crippen LogP contribution in [0.1, 0.15) is 24.7 Å². The molecule has 0 amide bonds. The summed E-state index contributed by atoms with van der Waals surface area (Å²) >= 11 is 5.46. The highest BCUT2D eigenvalue weighted by Gasteiger charge is 2.11. The van der Waals surface area contributed by atoms with E-state index in [1.165, 1.54) is 0 Å². The van der Waals surface area contributed by atoms with Crippen LogP contribution in [0.5, 0.6) is 0 Å². The first-order valence-corrected chi connectivity index (χ1v) is 3.72. The Balaban J connectivity index is 2.71. The minimum absolute atomic E-state index is 0.167. The predicted octanol–water partition coefficient (Wildman–Crippen LogP) is 1.52. The molecule has 0 fully saturated rings. The average Bonchev–Trinajstić information content (AvgIpc) is 2.50. The van der Waals surface area contributed by atoms with E-state index in [1.54, 1.807) is 7.11 Å². The van der Waals surface area contributed by atoms with Gasteiger partial charge < -0.3 is 9.26 Å². The zero-order valence-electron chi connectivity index (χ0n) is 6.37. The van der Waals surface area contributed by atoms with Gasteiger partial charge in [0, 0.05) is 7.11 Å². The molecule has 62 valence electrons. The summed E-state index contributed by atoms with van der Waals surface area (Å²) in [5.74, 6) is 1.22. The molecule has 0 aliphatic carbocycles. The summed E-state index contributed by atoms with van der Waals surface area (Å²) in [4.78, 5) is 3.96. The second-order valence-electron chi connectivity index (χ2n) is 2.06. The maximum absolute atomic E-state index is 5.46. The fraction of sp³-hybridized carbons (Fsp3) is 0.667. The van der Waals surface area contributed by atoms with Crippen LogP contribution in [0.4, 0.5) is 0 Å². The topological polar surface area (TPSA) is 48.2 Å². The second-order valence-corrected chi connectivity index (χ2v) is 2.33. The van der Waals surface area contributed by atoms with E-state index in [4.69, 9.17) is 20.9 Å². The number of ether oxygens (including phenoxy) is 1.